The Balaban J connectivity index is 1.52. The third-order valence-corrected chi connectivity index (χ3v) is 4.95. The molecule has 0 atom stereocenters. The number of hydrogen-bond acceptors (Lipinski definition) is 6. The molecule has 2 heterocycles. The number of hydrogen-bond donors (Lipinski definition) is 2. The molecule has 0 aliphatic carbocycles. The van der Waals surface area contributed by atoms with Gasteiger partial charge in [-0.05, 0) is 36.2 Å². The normalized spacial score (nSPS) is 13.6. The maximum atomic E-state index is 12.2. The zero-order valence-corrected chi connectivity index (χ0v) is 14.9. The second kappa shape index (κ2) is 7.25. The molecule has 0 unspecified atom stereocenters. The molecular formula is C17H16N4O5S. The van der Waals surface area contributed by atoms with Gasteiger partial charge in [0.15, 0.2) is 0 Å². The van der Waals surface area contributed by atoms with Crippen LogP contribution in [0, 0.1) is 0 Å². The number of imide groups is 1. The highest BCUT2D eigenvalue weighted by Gasteiger charge is 2.37. The molecule has 3 rings (SSSR count). The Morgan fingerprint density at radius 1 is 1.11 bits per heavy atom. The minimum absolute atomic E-state index is 0.00881. The van der Waals surface area contributed by atoms with Crippen molar-refractivity contribution in [2.24, 2.45) is 5.14 Å². The first-order valence-electron chi connectivity index (χ1n) is 7.97. The summed E-state index contributed by atoms with van der Waals surface area (Å²) in [5, 5.41) is 7.65. The number of pyridine rings is 1. The summed E-state index contributed by atoms with van der Waals surface area (Å²) in [6.45, 7) is -0.132. The Kier molecular flexibility index (Phi) is 5.02. The number of nitrogens with two attached hydrogens (primary N) is 1. The first-order valence-corrected chi connectivity index (χ1v) is 9.51. The van der Waals surface area contributed by atoms with Crippen LogP contribution in [-0.2, 0) is 21.2 Å². The summed E-state index contributed by atoms with van der Waals surface area (Å²) in [7, 11) is -3.74. The Morgan fingerprint density at radius 2 is 1.81 bits per heavy atom. The lowest BCUT2D eigenvalue weighted by Gasteiger charge is -2.13. The van der Waals surface area contributed by atoms with Gasteiger partial charge in [0.05, 0.1) is 10.5 Å². The summed E-state index contributed by atoms with van der Waals surface area (Å²) in [5.74, 6) is -1.62. The third kappa shape index (κ3) is 4.01. The molecule has 140 valence electrons. The minimum atomic E-state index is -3.74. The molecule has 0 saturated heterocycles. The van der Waals surface area contributed by atoms with Gasteiger partial charge >= 0.3 is 0 Å². The number of nitrogens with one attached hydrogen (secondary N) is 1. The molecule has 0 spiro atoms. The number of nitrogens with zero attached hydrogens (tertiary/aromatic N) is 2. The monoisotopic (exact) mass is 388 g/mol. The van der Waals surface area contributed by atoms with Crippen molar-refractivity contribution in [1.82, 2.24) is 15.2 Å². The van der Waals surface area contributed by atoms with Gasteiger partial charge < -0.3 is 5.32 Å². The van der Waals surface area contributed by atoms with Gasteiger partial charge in [0, 0.05) is 12.7 Å². The number of amides is 3. The van der Waals surface area contributed by atoms with Gasteiger partial charge in [0.2, 0.25) is 15.9 Å². The zero-order chi connectivity index (χ0) is 19.6. The van der Waals surface area contributed by atoms with Crippen molar-refractivity contribution in [3.8, 4) is 0 Å². The van der Waals surface area contributed by atoms with Crippen molar-refractivity contribution >= 4 is 27.7 Å². The lowest BCUT2D eigenvalue weighted by Crippen LogP contribution is -2.40. The topological polar surface area (TPSA) is 140 Å². The maximum Gasteiger partial charge on any atom is 0.280 e. The SMILES string of the molecule is NS(=O)(=O)c1ccc(CCNC(=O)CN2C(=O)c3cccnc3C2=O)cc1. The van der Waals surface area contributed by atoms with Gasteiger partial charge in [0.25, 0.3) is 11.8 Å². The van der Waals surface area contributed by atoms with E-state index >= 15 is 0 Å². The fourth-order valence-corrected chi connectivity index (χ4v) is 3.16. The van der Waals surface area contributed by atoms with E-state index < -0.39 is 34.3 Å². The number of benzene rings is 1. The van der Waals surface area contributed by atoms with Crippen molar-refractivity contribution in [2.45, 2.75) is 11.3 Å². The third-order valence-electron chi connectivity index (χ3n) is 4.02. The Hall–Kier alpha value is -3.11. The predicted octanol–water partition coefficient (Wildman–Crippen LogP) is -0.316. The molecule has 1 aromatic heterocycles. The summed E-state index contributed by atoms with van der Waals surface area (Å²) < 4.78 is 22.4. The van der Waals surface area contributed by atoms with Crippen molar-refractivity contribution in [3.63, 3.8) is 0 Å². The van der Waals surface area contributed by atoms with Crippen LogP contribution >= 0.6 is 0 Å². The number of carbonyl (C=O) groups excluding carboxylic acids is 3. The molecule has 3 N–H and O–H groups in total. The van der Waals surface area contributed by atoms with E-state index in [1.807, 2.05) is 0 Å². The lowest BCUT2D eigenvalue weighted by molar-refractivity contribution is -0.121. The minimum Gasteiger partial charge on any atom is -0.354 e. The van der Waals surface area contributed by atoms with Crippen LogP contribution in [0.15, 0.2) is 47.5 Å². The average molecular weight is 388 g/mol. The molecule has 0 bridgehead atoms. The molecule has 0 saturated carbocycles. The van der Waals surface area contributed by atoms with Gasteiger partial charge in [-0.25, -0.2) is 13.6 Å². The van der Waals surface area contributed by atoms with E-state index in [9.17, 15) is 22.8 Å². The molecule has 2 aromatic rings. The molecule has 3 amide bonds. The van der Waals surface area contributed by atoms with Gasteiger partial charge in [0.1, 0.15) is 12.2 Å². The number of fused-ring (bicyclic) bond motifs is 1. The van der Waals surface area contributed by atoms with E-state index in [1.54, 1.807) is 18.2 Å². The Bertz CT molecular complexity index is 983. The molecule has 9 nitrogen and oxygen atoms in total. The summed E-state index contributed by atoms with van der Waals surface area (Å²) in [4.78, 5) is 41.1. The standard InChI is InChI=1S/C17H16N4O5S/c18-27(25,26)12-5-3-11(4-6-12)7-9-19-14(22)10-21-16(23)13-2-1-8-20-15(13)17(21)24/h1-6,8H,7,9-10H2,(H,19,22)(H2,18,25,26). The summed E-state index contributed by atoms with van der Waals surface area (Å²) >= 11 is 0. The number of sulfonamides is 1. The summed E-state index contributed by atoms with van der Waals surface area (Å²) in [5.41, 5.74) is 1.03. The highest BCUT2D eigenvalue weighted by atomic mass is 32.2. The second-order valence-electron chi connectivity index (χ2n) is 5.88. The van der Waals surface area contributed by atoms with E-state index in [0.717, 1.165) is 10.5 Å². The molecule has 0 radical (unpaired) electrons. The number of aromatic nitrogens is 1. The molecule has 1 aliphatic heterocycles. The number of rotatable bonds is 6. The van der Waals surface area contributed by atoms with Crippen molar-refractivity contribution < 1.29 is 22.8 Å². The summed E-state index contributed by atoms with van der Waals surface area (Å²) in [6, 6.07) is 9.01. The van der Waals surface area contributed by atoms with Crippen molar-refractivity contribution in [3.05, 3.63) is 59.4 Å². The maximum absolute atomic E-state index is 12.2. The lowest BCUT2D eigenvalue weighted by atomic mass is 10.1. The predicted molar refractivity (Wildman–Crippen MR) is 94.1 cm³/mol. The van der Waals surface area contributed by atoms with Gasteiger partial charge in [-0.1, -0.05) is 12.1 Å². The molecule has 1 aromatic carbocycles. The Morgan fingerprint density at radius 3 is 2.44 bits per heavy atom. The van der Waals surface area contributed by atoms with E-state index in [1.165, 1.54) is 24.4 Å². The van der Waals surface area contributed by atoms with E-state index in [0.29, 0.717) is 6.42 Å². The first kappa shape index (κ1) is 18.7. The van der Waals surface area contributed by atoms with Crippen LogP contribution in [0.25, 0.3) is 0 Å². The summed E-state index contributed by atoms with van der Waals surface area (Å²) in [6.07, 6.45) is 1.86. The van der Waals surface area contributed by atoms with Gasteiger partial charge in [-0.2, -0.15) is 0 Å². The molecular weight excluding hydrogens is 372 g/mol. The fourth-order valence-electron chi connectivity index (χ4n) is 2.65. The zero-order valence-electron chi connectivity index (χ0n) is 14.1. The highest BCUT2D eigenvalue weighted by molar-refractivity contribution is 7.89. The second-order valence-corrected chi connectivity index (χ2v) is 7.45. The van der Waals surface area contributed by atoms with Crippen LogP contribution in [0.2, 0.25) is 0 Å². The molecule has 0 fully saturated rings. The van der Waals surface area contributed by atoms with Crippen LogP contribution in [-0.4, -0.2) is 49.1 Å². The van der Waals surface area contributed by atoms with E-state index in [2.05, 4.69) is 10.3 Å². The fraction of sp³-hybridized carbons (Fsp3) is 0.176. The Labute approximate surface area is 155 Å². The largest absolute Gasteiger partial charge is 0.354 e. The van der Waals surface area contributed by atoms with Crippen LogP contribution in [0.5, 0.6) is 0 Å². The average Bonchev–Trinajstić information content (AvgIpc) is 2.87. The molecule has 10 heteroatoms. The highest BCUT2D eigenvalue weighted by Crippen LogP contribution is 2.19. The smallest absolute Gasteiger partial charge is 0.280 e. The van der Waals surface area contributed by atoms with Crippen molar-refractivity contribution in [2.75, 3.05) is 13.1 Å². The van der Waals surface area contributed by atoms with Gasteiger partial charge in [-0.15, -0.1) is 0 Å². The van der Waals surface area contributed by atoms with Crippen molar-refractivity contribution in [1.29, 1.82) is 0 Å². The van der Waals surface area contributed by atoms with Crippen LogP contribution < -0.4 is 10.5 Å². The van der Waals surface area contributed by atoms with Crippen LogP contribution in [0.3, 0.4) is 0 Å². The quantitative estimate of drug-likeness (QED) is 0.650. The van der Waals surface area contributed by atoms with Crippen LogP contribution in [0.4, 0.5) is 0 Å². The van der Waals surface area contributed by atoms with E-state index in [-0.39, 0.29) is 22.7 Å². The van der Waals surface area contributed by atoms with Gasteiger partial charge in [-0.3, -0.25) is 24.3 Å². The van der Waals surface area contributed by atoms with E-state index in [4.69, 9.17) is 5.14 Å². The first-order chi connectivity index (χ1) is 12.8. The number of primary sulfonamides is 1. The number of carbonyl (C=O) groups is 3. The molecule has 1 aliphatic rings. The molecule has 27 heavy (non-hydrogen) atoms. The van der Waals surface area contributed by atoms with Crippen LogP contribution in [0.1, 0.15) is 26.4 Å².